The Morgan fingerprint density at radius 2 is 1.35 bits per heavy atom. The summed E-state index contributed by atoms with van der Waals surface area (Å²) in [7, 11) is -4.00. The monoisotopic (exact) mass is 312 g/mol. The van der Waals surface area contributed by atoms with Crippen LogP contribution in [-0.4, -0.2) is 31.6 Å². The van der Waals surface area contributed by atoms with Crippen molar-refractivity contribution in [1.29, 1.82) is 0 Å². The molecule has 0 radical (unpaired) electrons. The van der Waals surface area contributed by atoms with E-state index in [-0.39, 0.29) is 5.92 Å². The third kappa shape index (κ3) is 9.03. The van der Waals surface area contributed by atoms with E-state index < -0.39 is 39.5 Å². The summed E-state index contributed by atoms with van der Waals surface area (Å²) < 4.78 is 36.1. The molecule has 0 aliphatic carbocycles. The Hall–Kier alpha value is -0.950. The molecule has 0 aromatic rings. The maximum Gasteiger partial charge on any atom is 0.480 e. The maximum atomic E-state index is 12.2. The number of phosphoric ester groups is 1. The van der Waals surface area contributed by atoms with E-state index in [1.54, 1.807) is 6.92 Å². The molecule has 1 atom stereocenters. The Kier molecular flexibility index (Phi) is 8.64. The first kappa shape index (κ1) is 19.1. The van der Waals surface area contributed by atoms with Crippen LogP contribution in [0.25, 0.3) is 0 Å². The number of hydrogen-bond acceptors (Lipinski definition) is 8. The van der Waals surface area contributed by atoms with Gasteiger partial charge < -0.3 is 9.47 Å². The zero-order chi connectivity index (χ0) is 15.8. The van der Waals surface area contributed by atoms with Crippen molar-refractivity contribution < 1.29 is 37.2 Å². The Labute approximate surface area is 118 Å². The summed E-state index contributed by atoms with van der Waals surface area (Å²) in [5, 5.41) is 0. The fraction of sp³-hybridized carbons (Fsp3) is 0.818. The van der Waals surface area contributed by atoms with E-state index in [9.17, 15) is 14.2 Å². The minimum absolute atomic E-state index is 0.0537. The normalized spacial score (nSPS) is 13.1. The van der Waals surface area contributed by atoms with Crippen molar-refractivity contribution >= 4 is 19.8 Å². The van der Waals surface area contributed by atoms with Crippen molar-refractivity contribution in [3.8, 4) is 0 Å². The molecule has 8 nitrogen and oxygen atoms in total. The molecule has 0 aliphatic heterocycles. The Morgan fingerprint density at radius 1 is 0.950 bits per heavy atom. The summed E-state index contributed by atoms with van der Waals surface area (Å²) in [6.07, 6.45) is -0.435. The number of phosphoric acid groups is 1. The standard InChI is InChI=1S/C11H21O8P/c1-8(2)9(3)19-20(14,17-6-15-10(4)12)18-7-16-11(5)13/h8-9H,6-7H2,1-5H3. The van der Waals surface area contributed by atoms with Gasteiger partial charge in [-0.15, -0.1) is 0 Å². The van der Waals surface area contributed by atoms with Gasteiger partial charge in [-0.2, -0.15) is 0 Å². The van der Waals surface area contributed by atoms with Crippen LogP contribution in [0.3, 0.4) is 0 Å². The Morgan fingerprint density at radius 3 is 1.65 bits per heavy atom. The van der Waals surface area contributed by atoms with Gasteiger partial charge in [-0.25, -0.2) is 13.6 Å². The quantitative estimate of drug-likeness (QED) is 0.363. The minimum atomic E-state index is -4.00. The fourth-order valence-electron chi connectivity index (χ4n) is 0.771. The lowest BCUT2D eigenvalue weighted by Crippen LogP contribution is -2.17. The van der Waals surface area contributed by atoms with Crippen LogP contribution in [-0.2, 0) is 37.2 Å². The van der Waals surface area contributed by atoms with Gasteiger partial charge in [-0.1, -0.05) is 13.8 Å². The fourth-order valence-corrected chi connectivity index (χ4v) is 1.98. The van der Waals surface area contributed by atoms with Crippen LogP contribution in [0.15, 0.2) is 0 Å². The second kappa shape index (κ2) is 9.07. The smallest absolute Gasteiger partial charge is 0.438 e. The summed E-state index contributed by atoms with van der Waals surface area (Å²) in [5.41, 5.74) is 0. The van der Waals surface area contributed by atoms with Gasteiger partial charge in [0, 0.05) is 13.8 Å². The van der Waals surface area contributed by atoms with Crippen molar-refractivity contribution in [3.05, 3.63) is 0 Å². The molecule has 0 amide bonds. The average Bonchev–Trinajstić information content (AvgIpc) is 2.27. The molecule has 0 fully saturated rings. The first-order chi connectivity index (χ1) is 9.16. The Balaban J connectivity index is 4.52. The van der Waals surface area contributed by atoms with Crippen LogP contribution in [0.5, 0.6) is 0 Å². The van der Waals surface area contributed by atoms with Crippen molar-refractivity contribution in [1.82, 2.24) is 0 Å². The Bertz CT molecular complexity index is 343. The number of esters is 2. The highest BCUT2D eigenvalue weighted by molar-refractivity contribution is 7.48. The third-order valence-electron chi connectivity index (χ3n) is 2.18. The molecule has 20 heavy (non-hydrogen) atoms. The van der Waals surface area contributed by atoms with Gasteiger partial charge in [0.1, 0.15) is 0 Å². The van der Waals surface area contributed by atoms with Crippen LogP contribution in [0.4, 0.5) is 0 Å². The second-order valence-corrected chi connectivity index (χ2v) is 5.89. The van der Waals surface area contributed by atoms with Crippen LogP contribution in [0.2, 0.25) is 0 Å². The van der Waals surface area contributed by atoms with Crippen LogP contribution >= 0.6 is 7.82 Å². The zero-order valence-corrected chi connectivity index (χ0v) is 13.2. The largest absolute Gasteiger partial charge is 0.480 e. The molecule has 0 saturated carbocycles. The zero-order valence-electron chi connectivity index (χ0n) is 12.3. The van der Waals surface area contributed by atoms with Gasteiger partial charge in [0.2, 0.25) is 13.6 Å². The third-order valence-corrected chi connectivity index (χ3v) is 3.61. The number of rotatable bonds is 9. The van der Waals surface area contributed by atoms with Gasteiger partial charge in [-0.3, -0.25) is 14.1 Å². The molecular formula is C11H21O8P. The van der Waals surface area contributed by atoms with E-state index in [4.69, 9.17) is 13.6 Å². The molecule has 118 valence electrons. The molecule has 0 aromatic carbocycles. The van der Waals surface area contributed by atoms with Crippen molar-refractivity contribution in [2.24, 2.45) is 5.92 Å². The van der Waals surface area contributed by atoms with Gasteiger partial charge >= 0.3 is 19.8 Å². The van der Waals surface area contributed by atoms with Crippen molar-refractivity contribution in [2.75, 3.05) is 13.6 Å². The maximum absolute atomic E-state index is 12.2. The van der Waals surface area contributed by atoms with E-state index in [2.05, 4.69) is 9.47 Å². The molecule has 0 spiro atoms. The van der Waals surface area contributed by atoms with E-state index in [1.807, 2.05) is 13.8 Å². The number of carbonyl (C=O) groups is 2. The molecule has 0 N–H and O–H groups in total. The summed E-state index contributed by atoms with van der Waals surface area (Å²) >= 11 is 0. The summed E-state index contributed by atoms with van der Waals surface area (Å²) in [5.74, 6) is -1.15. The van der Waals surface area contributed by atoms with E-state index >= 15 is 0 Å². The first-order valence-electron chi connectivity index (χ1n) is 6.00. The number of hydrogen-bond donors (Lipinski definition) is 0. The number of ether oxygens (including phenoxy) is 2. The second-order valence-electron chi connectivity index (χ2n) is 4.27. The minimum Gasteiger partial charge on any atom is -0.438 e. The molecule has 0 rings (SSSR count). The van der Waals surface area contributed by atoms with E-state index in [0.717, 1.165) is 0 Å². The molecule has 0 aliphatic rings. The highest BCUT2D eigenvalue weighted by Gasteiger charge is 2.31. The lowest BCUT2D eigenvalue weighted by atomic mass is 10.1. The predicted octanol–water partition coefficient (Wildman–Crippen LogP) is 2.23. The van der Waals surface area contributed by atoms with Gasteiger partial charge in [-0.05, 0) is 12.8 Å². The van der Waals surface area contributed by atoms with Crippen molar-refractivity contribution in [2.45, 2.75) is 40.7 Å². The topological polar surface area (TPSA) is 97.4 Å². The first-order valence-corrected chi connectivity index (χ1v) is 7.46. The molecule has 0 saturated heterocycles. The molecule has 0 heterocycles. The number of carbonyl (C=O) groups excluding carboxylic acids is 2. The highest BCUT2D eigenvalue weighted by atomic mass is 31.2. The lowest BCUT2D eigenvalue weighted by molar-refractivity contribution is -0.151. The summed E-state index contributed by atoms with van der Waals surface area (Å²) in [6, 6.07) is 0. The molecular weight excluding hydrogens is 291 g/mol. The predicted molar refractivity (Wildman–Crippen MR) is 68.4 cm³/mol. The van der Waals surface area contributed by atoms with Gasteiger partial charge in [0.15, 0.2) is 0 Å². The molecule has 0 bridgehead atoms. The van der Waals surface area contributed by atoms with Crippen LogP contribution in [0, 0.1) is 5.92 Å². The van der Waals surface area contributed by atoms with Gasteiger partial charge in [0.25, 0.3) is 0 Å². The molecule has 1 unspecified atom stereocenters. The molecule has 9 heteroatoms. The highest BCUT2D eigenvalue weighted by Crippen LogP contribution is 2.51. The summed E-state index contributed by atoms with van der Waals surface area (Å²) in [4.78, 5) is 21.2. The van der Waals surface area contributed by atoms with Gasteiger partial charge in [0.05, 0.1) is 6.10 Å². The van der Waals surface area contributed by atoms with Crippen LogP contribution < -0.4 is 0 Å². The lowest BCUT2D eigenvalue weighted by Gasteiger charge is -2.23. The SMILES string of the molecule is CC(=O)OCOP(=O)(OCOC(C)=O)OC(C)C(C)C. The van der Waals surface area contributed by atoms with E-state index in [1.165, 1.54) is 13.8 Å². The summed E-state index contributed by atoms with van der Waals surface area (Å²) in [6.45, 7) is 6.56. The van der Waals surface area contributed by atoms with E-state index in [0.29, 0.717) is 0 Å². The van der Waals surface area contributed by atoms with Crippen LogP contribution in [0.1, 0.15) is 34.6 Å². The van der Waals surface area contributed by atoms with Crippen molar-refractivity contribution in [3.63, 3.8) is 0 Å². The molecule has 0 aromatic heterocycles. The average molecular weight is 312 g/mol.